The van der Waals surface area contributed by atoms with E-state index in [9.17, 15) is 0 Å². The van der Waals surface area contributed by atoms with Crippen molar-refractivity contribution >= 4 is 0 Å². The maximum absolute atomic E-state index is 5.95. The predicted molar refractivity (Wildman–Crippen MR) is 87.5 cm³/mol. The number of ether oxygens (including phenoxy) is 1. The molecule has 0 aliphatic rings. The van der Waals surface area contributed by atoms with Crippen LogP contribution in [0.25, 0.3) is 0 Å². The van der Waals surface area contributed by atoms with E-state index >= 15 is 0 Å². The molecule has 0 aromatic heterocycles. The van der Waals surface area contributed by atoms with E-state index in [0.29, 0.717) is 12.0 Å². The van der Waals surface area contributed by atoms with Crippen molar-refractivity contribution in [1.29, 1.82) is 0 Å². The van der Waals surface area contributed by atoms with Gasteiger partial charge in [0.2, 0.25) is 0 Å². The van der Waals surface area contributed by atoms with E-state index in [1.807, 2.05) is 0 Å². The van der Waals surface area contributed by atoms with Crippen LogP contribution in [0.4, 0.5) is 0 Å². The number of hydrogen-bond donors (Lipinski definition) is 1. The highest BCUT2D eigenvalue weighted by Gasteiger charge is 2.08. The van der Waals surface area contributed by atoms with Gasteiger partial charge in [-0.3, -0.25) is 0 Å². The molecule has 0 bridgehead atoms. The molecule has 0 heterocycles. The summed E-state index contributed by atoms with van der Waals surface area (Å²) in [6.07, 6.45) is 3.62. The van der Waals surface area contributed by atoms with Crippen molar-refractivity contribution in [2.45, 2.75) is 59.9 Å². The summed E-state index contributed by atoms with van der Waals surface area (Å²) < 4.78 is 5.95. The first kappa shape index (κ1) is 17.0. The second kappa shape index (κ2) is 9.02. The van der Waals surface area contributed by atoms with Gasteiger partial charge in [-0.25, -0.2) is 0 Å². The van der Waals surface area contributed by atoms with Gasteiger partial charge in [-0.1, -0.05) is 39.3 Å². The average Bonchev–Trinajstić information content (AvgIpc) is 2.43. The summed E-state index contributed by atoms with van der Waals surface area (Å²) >= 11 is 0. The van der Waals surface area contributed by atoms with Gasteiger partial charge in [0.25, 0.3) is 0 Å². The zero-order valence-electron chi connectivity index (χ0n) is 13.8. The van der Waals surface area contributed by atoms with Gasteiger partial charge in [0, 0.05) is 6.04 Å². The van der Waals surface area contributed by atoms with Gasteiger partial charge in [-0.2, -0.15) is 0 Å². The van der Waals surface area contributed by atoms with Crippen LogP contribution in [-0.4, -0.2) is 13.2 Å². The third kappa shape index (κ3) is 5.54. The van der Waals surface area contributed by atoms with Crippen LogP contribution >= 0.6 is 0 Å². The number of hydrogen-bond acceptors (Lipinski definition) is 2. The number of rotatable bonds is 9. The largest absolute Gasteiger partial charge is 0.493 e. The molecule has 1 aromatic carbocycles. The van der Waals surface area contributed by atoms with Crippen molar-refractivity contribution in [2.75, 3.05) is 13.2 Å². The lowest BCUT2D eigenvalue weighted by Gasteiger charge is -2.17. The van der Waals surface area contributed by atoms with Crippen LogP contribution in [0.3, 0.4) is 0 Å². The standard InChI is InChI=1S/C18H31NO/c1-6-8-14(3)13-20-18-10-9-17(12-15(18)4)16(5)19-11-7-2/h9-10,12,14,16,19H,6-8,11,13H2,1-5H3. The zero-order chi connectivity index (χ0) is 15.0. The summed E-state index contributed by atoms with van der Waals surface area (Å²) in [6.45, 7) is 12.9. The van der Waals surface area contributed by atoms with Crippen LogP contribution in [0.2, 0.25) is 0 Å². The summed E-state index contributed by atoms with van der Waals surface area (Å²) in [5, 5.41) is 3.52. The van der Waals surface area contributed by atoms with E-state index in [2.05, 4.69) is 58.1 Å². The van der Waals surface area contributed by atoms with Crippen LogP contribution in [0, 0.1) is 12.8 Å². The minimum Gasteiger partial charge on any atom is -0.493 e. The Morgan fingerprint density at radius 3 is 2.50 bits per heavy atom. The summed E-state index contributed by atoms with van der Waals surface area (Å²) in [4.78, 5) is 0. The van der Waals surface area contributed by atoms with Crippen LogP contribution in [-0.2, 0) is 0 Å². The van der Waals surface area contributed by atoms with E-state index in [0.717, 1.165) is 18.9 Å². The molecule has 0 saturated heterocycles. The molecule has 114 valence electrons. The molecule has 2 heteroatoms. The lowest BCUT2D eigenvalue weighted by Crippen LogP contribution is -2.19. The molecule has 1 rings (SSSR count). The van der Waals surface area contributed by atoms with E-state index < -0.39 is 0 Å². The van der Waals surface area contributed by atoms with Crippen LogP contribution in [0.5, 0.6) is 5.75 Å². The molecule has 0 spiro atoms. The van der Waals surface area contributed by atoms with E-state index in [1.54, 1.807) is 0 Å². The fourth-order valence-corrected chi connectivity index (χ4v) is 2.39. The van der Waals surface area contributed by atoms with Crippen LogP contribution < -0.4 is 10.1 Å². The van der Waals surface area contributed by atoms with Gasteiger partial charge in [0.15, 0.2) is 0 Å². The first-order valence-electron chi connectivity index (χ1n) is 8.05. The average molecular weight is 277 g/mol. The summed E-state index contributed by atoms with van der Waals surface area (Å²) in [5.74, 6) is 1.66. The van der Waals surface area contributed by atoms with Crippen molar-refractivity contribution < 1.29 is 4.74 Å². The molecule has 0 amide bonds. The van der Waals surface area contributed by atoms with Gasteiger partial charge in [-0.05, 0) is 56.3 Å². The Hall–Kier alpha value is -1.02. The Bertz CT molecular complexity index is 389. The molecule has 1 N–H and O–H groups in total. The summed E-state index contributed by atoms with van der Waals surface area (Å²) in [6, 6.07) is 6.95. The second-order valence-corrected chi connectivity index (χ2v) is 5.91. The fourth-order valence-electron chi connectivity index (χ4n) is 2.39. The summed E-state index contributed by atoms with van der Waals surface area (Å²) in [5.41, 5.74) is 2.57. The molecule has 2 nitrogen and oxygen atoms in total. The van der Waals surface area contributed by atoms with Crippen molar-refractivity contribution in [3.8, 4) is 5.75 Å². The molecule has 0 fully saturated rings. The van der Waals surface area contributed by atoms with Gasteiger partial charge in [0.05, 0.1) is 6.61 Å². The third-order valence-corrected chi connectivity index (χ3v) is 3.70. The number of nitrogens with one attached hydrogen (secondary N) is 1. The summed E-state index contributed by atoms with van der Waals surface area (Å²) in [7, 11) is 0. The lowest BCUT2D eigenvalue weighted by molar-refractivity contribution is 0.250. The van der Waals surface area contributed by atoms with Crippen molar-refractivity contribution in [3.05, 3.63) is 29.3 Å². The van der Waals surface area contributed by atoms with Gasteiger partial charge < -0.3 is 10.1 Å². The highest BCUT2D eigenvalue weighted by atomic mass is 16.5. The van der Waals surface area contributed by atoms with Crippen molar-refractivity contribution in [3.63, 3.8) is 0 Å². The smallest absolute Gasteiger partial charge is 0.122 e. The second-order valence-electron chi connectivity index (χ2n) is 5.91. The molecule has 2 unspecified atom stereocenters. The topological polar surface area (TPSA) is 21.3 Å². The molecular formula is C18H31NO. The molecule has 0 radical (unpaired) electrons. The van der Waals surface area contributed by atoms with E-state index in [4.69, 9.17) is 4.74 Å². The lowest BCUT2D eigenvalue weighted by atomic mass is 10.0. The molecule has 0 aliphatic carbocycles. The molecular weight excluding hydrogens is 246 g/mol. The maximum Gasteiger partial charge on any atom is 0.122 e. The van der Waals surface area contributed by atoms with E-state index in [1.165, 1.54) is 30.4 Å². The predicted octanol–water partition coefficient (Wildman–Crippen LogP) is 4.87. The third-order valence-electron chi connectivity index (χ3n) is 3.70. The number of benzene rings is 1. The molecule has 0 aliphatic heterocycles. The van der Waals surface area contributed by atoms with Gasteiger partial charge in [-0.15, -0.1) is 0 Å². The maximum atomic E-state index is 5.95. The van der Waals surface area contributed by atoms with Crippen LogP contribution in [0.1, 0.15) is 64.1 Å². The van der Waals surface area contributed by atoms with Gasteiger partial charge >= 0.3 is 0 Å². The van der Waals surface area contributed by atoms with Crippen LogP contribution in [0.15, 0.2) is 18.2 Å². The zero-order valence-corrected chi connectivity index (χ0v) is 13.8. The number of aryl methyl sites for hydroxylation is 1. The van der Waals surface area contributed by atoms with Crippen molar-refractivity contribution in [1.82, 2.24) is 5.32 Å². The normalized spacial score (nSPS) is 14.1. The Morgan fingerprint density at radius 1 is 1.15 bits per heavy atom. The molecule has 20 heavy (non-hydrogen) atoms. The SMILES string of the molecule is CCCNC(C)c1ccc(OCC(C)CCC)c(C)c1. The molecule has 1 aromatic rings. The highest BCUT2D eigenvalue weighted by Crippen LogP contribution is 2.23. The first-order valence-corrected chi connectivity index (χ1v) is 8.05. The fraction of sp³-hybridized carbons (Fsp3) is 0.667. The minimum atomic E-state index is 0.404. The molecule has 2 atom stereocenters. The quantitative estimate of drug-likeness (QED) is 0.695. The Kier molecular flexibility index (Phi) is 7.68. The Balaban J connectivity index is 2.59. The monoisotopic (exact) mass is 277 g/mol. The van der Waals surface area contributed by atoms with Crippen molar-refractivity contribution in [2.24, 2.45) is 5.92 Å². The highest BCUT2D eigenvalue weighted by molar-refractivity contribution is 5.37. The van der Waals surface area contributed by atoms with E-state index in [-0.39, 0.29) is 0 Å². The Morgan fingerprint density at radius 2 is 1.90 bits per heavy atom. The first-order chi connectivity index (χ1) is 9.58. The Labute approximate surface area is 124 Å². The van der Waals surface area contributed by atoms with Gasteiger partial charge in [0.1, 0.15) is 5.75 Å². The minimum absolute atomic E-state index is 0.404. The molecule has 0 saturated carbocycles.